The molecule has 1 aromatic heterocycles. The van der Waals surface area contributed by atoms with Crippen LogP contribution in [0.15, 0.2) is 17.5 Å². The summed E-state index contributed by atoms with van der Waals surface area (Å²) >= 11 is 1.32. The number of hydrogen-bond acceptors (Lipinski definition) is 3. The van der Waals surface area contributed by atoms with Crippen molar-refractivity contribution in [2.24, 2.45) is 0 Å². The molecule has 50 valence electrons. The van der Waals surface area contributed by atoms with Crippen molar-refractivity contribution < 1.29 is 5.11 Å². The Balaban J connectivity index is 3.10. The fourth-order valence-corrected chi connectivity index (χ4v) is 1.13. The molecule has 0 atom stereocenters. The molecule has 0 bridgehead atoms. The molecule has 1 N–H and O–H groups in total. The van der Waals surface area contributed by atoms with Crippen LogP contribution in [0.25, 0.3) is 5.76 Å². The minimum Gasteiger partial charge on any atom is -0.495 e. The van der Waals surface area contributed by atoms with E-state index < -0.39 is 0 Å². The van der Waals surface area contributed by atoms with Crippen LogP contribution in [0.5, 0.6) is 0 Å². The fourth-order valence-electron chi connectivity index (χ4n) is 0.512. The van der Waals surface area contributed by atoms with Gasteiger partial charge in [-0.1, -0.05) is 6.07 Å². The third-order valence-corrected chi connectivity index (χ3v) is 1.78. The highest BCUT2D eigenvalue weighted by atomic mass is 32.1. The molecule has 0 fully saturated rings. The van der Waals surface area contributed by atoms with Crippen LogP contribution < -0.4 is 4.85 Å². The summed E-state index contributed by atoms with van der Waals surface area (Å²) in [6.45, 7) is 0. The lowest BCUT2D eigenvalue weighted by molar-refractivity contribution is 0.520. The Morgan fingerprint density at radius 2 is 2.60 bits per heavy atom. The third-order valence-electron chi connectivity index (χ3n) is 0.906. The van der Waals surface area contributed by atoms with Gasteiger partial charge in [0.15, 0.2) is 4.91 Å². The third kappa shape index (κ3) is 1.33. The maximum Gasteiger partial charge on any atom is 0.432 e. The summed E-state index contributed by atoms with van der Waals surface area (Å²) in [5, 5.41) is 10.7. The number of thiophene rings is 1. The Labute approximate surface area is 60.9 Å². The van der Waals surface area contributed by atoms with Crippen LogP contribution in [-0.4, -0.2) is 11.0 Å². The van der Waals surface area contributed by atoms with Crippen LogP contribution in [0.1, 0.15) is 4.88 Å². The zero-order valence-corrected chi connectivity index (χ0v) is 5.76. The molecule has 1 heterocycles. The summed E-state index contributed by atoms with van der Waals surface area (Å²) in [6.07, 6.45) is 0. The molecule has 0 saturated heterocycles. The first-order valence-corrected chi connectivity index (χ1v) is 3.40. The second kappa shape index (κ2) is 2.99. The molecule has 3 nitrogen and oxygen atoms in total. The van der Waals surface area contributed by atoms with Crippen molar-refractivity contribution in [1.29, 1.82) is 0 Å². The summed E-state index contributed by atoms with van der Waals surface area (Å²) in [4.78, 5) is 12.5. The fraction of sp³-hybridized carbons (Fsp3) is 0. The van der Waals surface area contributed by atoms with Crippen molar-refractivity contribution >= 4 is 23.0 Å². The zero-order chi connectivity index (χ0) is 7.40. The number of hydrogen-bond donors (Lipinski definition) is 1. The Kier molecular flexibility index (Phi) is 2.03. The number of nitrogens with zero attached hydrogens (tertiary/aromatic N) is 1. The predicted octanol–water partition coefficient (Wildman–Crippen LogP) is 1.15. The highest BCUT2D eigenvalue weighted by Crippen LogP contribution is 2.14. The van der Waals surface area contributed by atoms with Crippen molar-refractivity contribution in [3.8, 4) is 0 Å². The standard InChI is InChI=1S/C6H3NO2S/c8-5(4-7-9)6-2-1-3-10-6/h1-3H/p+1. The van der Waals surface area contributed by atoms with Gasteiger partial charge in [-0.2, -0.15) is 0 Å². The van der Waals surface area contributed by atoms with Gasteiger partial charge in [0.1, 0.15) is 0 Å². The number of nitroso groups, excluding NO2 is 1. The molecule has 1 aromatic rings. The predicted molar refractivity (Wildman–Crippen MR) is 40.9 cm³/mol. The van der Waals surface area contributed by atoms with Crippen molar-refractivity contribution in [2.75, 3.05) is 0 Å². The van der Waals surface area contributed by atoms with Gasteiger partial charge in [-0.15, -0.1) is 11.3 Å². The van der Waals surface area contributed by atoms with E-state index in [1.165, 1.54) is 11.3 Å². The first-order valence-electron chi connectivity index (χ1n) is 2.52. The highest BCUT2D eigenvalue weighted by Gasteiger charge is 2.01. The molecular weight excluding hydrogens is 150 g/mol. The van der Waals surface area contributed by atoms with Gasteiger partial charge >= 0.3 is 5.87 Å². The van der Waals surface area contributed by atoms with Crippen molar-refractivity contribution in [3.05, 3.63) is 27.3 Å². The van der Waals surface area contributed by atoms with Gasteiger partial charge in [0, 0.05) is 0 Å². The van der Waals surface area contributed by atoms with E-state index in [9.17, 15) is 4.91 Å². The van der Waals surface area contributed by atoms with Crippen molar-refractivity contribution in [1.82, 2.24) is 4.85 Å². The van der Waals surface area contributed by atoms with Gasteiger partial charge in [-0.3, -0.25) is 0 Å². The van der Waals surface area contributed by atoms with Gasteiger partial charge in [-0.05, 0) is 11.4 Å². The Hall–Kier alpha value is -1.34. The van der Waals surface area contributed by atoms with E-state index in [-0.39, 0.29) is 5.76 Å². The first kappa shape index (κ1) is 6.78. The topological polar surface area (TPSA) is 51.4 Å². The number of aliphatic hydroxyl groups excluding tert-OH is 1. The highest BCUT2D eigenvalue weighted by molar-refractivity contribution is 7.11. The van der Waals surface area contributed by atoms with Crippen molar-refractivity contribution in [2.45, 2.75) is 0 Å². The van der Waals surface area contributed by atoms with E-state index in [1.807, 2.05) is 5.87 Å². The molecule has 0 aliphatic heterocycles. The molecule has 0 radical (unpaired) electrons. The molecule has 0 amide bonds. The zero-order valence-electron chi connectivity index (χ0n) is 4.94. The molecule has 0 aliphatic carbocycles. The minimum absolute atomic E-state index is 0.204. The molecule has 0 spiro atoms. The van der Waals surface area contributed by atoms with Crippen LogP contribution in [0, 0.1) is 4.91 Å². The maximum absolute atomic E-state index is 9.57. The number of rotatable bonds is 1. The van der Waals surface area contributed by atoms with Crippen LogP contribution in [0.3, 0.4) is 0 Å². The minimum atomic E-state index is -0.204. The second-order valence-corrected chi connectivity index (χ2v) is 2.48. The van der Waals surface area contributed by atoms with E-state index in [1.54, 1.807) is 17.5 Å². The normalized spacial score (nSPS) is 8.00. The summed E-state index contributed by atoms with van der Waals surface area (Å²) < 4.78 is 0. The lowest BCUT2D eigenvalue weighted by Gasteiger charge is -1.80. The summed E-state index contributed by atoms with van der Waals surface area (Å²) in [6, 6.07) is 3.45. The van der Waals surface area contributed by atoms with E-state index in [0.717, 1.165) is 0 Å². The van der Waals surface area contributed by atoms with Gasteiger partial charge in [0.25, 0.3) is 10.6 Å². The number of aliphatic hydroxyl groups is 1. The second-order valence-electron chi connectivity index (χ2n) is 1.53. The van der Waals surface area contributed by atoms with Gasteiger partial charge in [0.05, 0.1) is 4.88 Å². The molecule has 10 heavy (non-hydrogen) atoms. The summed E-state index contributed by atoms with van der Waals surface area (Å²) in [5.41, 5.74) is 0. The van der Waals surface area contributed by atoms with Crippen molar-refractivity contribution in [3.63, 3.8) is 0 Å². The smallest absolute Gasteiger partial charge is 0.432 e. The first-order chi connectivity index (χ1) is 4.84. The Morgan fingerprint density at radius 1 is 1.80 bits per heavy atom. The lowest BCUT2D eigenvalue weighted by Crippen LogP contribution is -1.76. The Morgan fingerprint density at radius 3 is 3.10 bits per heavy atom. The van der Waals surface area contributed by atoms with Crippen LogP contribution >= 0.6 is 11.3 Å². The average Bonchev–Trinajstić information content (AvgIpc) is 2.38. The Bertz CT molecular complexity index is 292. The van der Waals surface area contributed by atoms with Crippen LogP contribution in [-0.2, 0) is 0 Å². The summed E-state index contributed by atoms with van der Waals surface area (Å²) in [5.74, 6) is 1.70. The molecule has 0 unspecified atom stereocenters. The van der Waals surface area contributed by atoms with Gasteiger partial charge in [-0.25, -0.2) is 0 Å². The molecule has 1 rings (SSSR count). The van der Waals surface area contributed by atoms with E-state index >= 15 is 0 Å². The van der Waals surface area contributed by atoms with Gasteiger partial charge in [0.2, 0.25) is 0 Å². The average molecular weight is 154 g/mol. The van der Waals surface area contributed by atoms with Crippen LogP contribution in [0.4, 0.5) is 0 Å². The van der Waals surface area contributed by atoms with Crippen LogP contribution in [0.2, 0.25) is 0 Å². The van der Waals surface area contributed by atoms with E-state index in [2.05, 4.69) is 4.85 Å². The quantitative estimate of drug-likeness (QED) is 0.374. The van der Waals surface area contributed by atoms with E-state index in [4.69, 9.17) is 5.11 Å². The maximum atomic E-state index is 9.57. The summed E-state index contributed by atoms with van der Waals surface area (Å²) in [7, 11) is 0. The largest absolute Gasteiger partial charge is 0.495 e. The molecule has 0 aliphatic rings. The van der Waals surface area contributed by atoms with E-state index in [0.29, 0.717) is 4.88 Å². The molecule has 0 aromatic carbocycles. The monoisotopic (exact) mass is 154 g/mol. The molecule has 4 heteroatoms. The SMILES string of the molecule is O=[N+]=C=C(O)c1cccs1. The lowest BCUT2D eigenvalue weighted by atomic mass is 10.4. The molecule has 0 saturated carbocycles. The molecular formula is C6H4NO2S+. The van der Waals surface area contributed by atoms with Gasteiger partial charge < -0.3 is 5.11 Å².